The van der Waals surface area contributed by atoms with Gasteiger partial charge in [0, 0.05) is 17.8 Å². The zero-order valence-electron chi connectivity index (χ0n) is 9.66. The lowest BCUT2D eigenvalue weighted by molar-refractivity contribution is 1.01. The summed E-state index contributed by atoms with van der Waals surface area (Å²) in [5, 5.41) is 0. The first-order chi connectivity index (χ1) is 7.22. The number of nitrogens with zero attached hydrogens (tertiary/aromatic N) is 1. The first kappa shape index (κ1) is 11.7. The number of hydrogen-bond donors (Lipinski definition) is 0. The highest BCUT2D eigenvalue weighted by molar-refractivity contribution is 5.97. The van der Waals surface area contributed by atoms with Gasteiger partial charge < -0.3 is 0 Å². The molecular formula is C14H19N. The van der Waals surface area contributed by atoms with Crippen molar-refractivity contribution in [1.82, 2.24) is 0 Å². The van der Waals surface area contributed by atoms with E-state index in [0.717, 1.165) is 24.3 Å². The Morgan fingerprint density at radius 2 is 2.33 bits per heavy atom. The van der Waals surface area contributed by atoms with E-state index in [0.29, 0.717) is 0 Å². The SMILES string of the molecule is C=C(C)N=C(/C=C\C)CC1=CCCC=C1. The van der Waals surface area contributed by atoms with Gasteiger partial charge in [-0.2, -0.15) is 0 Å². The standard InChI is InChI=1S/C14H19N/c1-4-8-14(15-12(2)3)11-13-9-6-5-7-10-13/h4,6,8-10H,2,5,7,11H2,1,3H3/b8-4-,15-14?. The minimum Gasteiger partial charge on any atom is -0.258 e. The van der Waals surface area contributed by atoms with E-state index in [1.807, 2.05) is 19.9 Å². The fraction of sp³-hybridized carbons (Fsp3) is 0.357. The molecule has 0 fully saturated rings. The maximum atomic E-state index is 4.42. The maximum absolute atomic E-state index is 4.42. The van der Waals surface area contributed by atoms with Crippen LogP contribution < -0.4 is 0 Å². The molecule has 0 unspecified atom stereocenters. The molecule has 0 N–H and O–H groups in total. The monoisotopic (exact) mass is 201 g/mol. The van der Waals surface area contributed by atoms with Crippen molar-refractivity contribution < 1.29 is 0 Å². The highest BCUT2D eigenvalue weighted by Crippen LogP contribution is 2.14. The zero-order chi connectivity index (χ0) is 11.1. The van der Waals surface area contributed by atoms with Crippen LogP contribution in [0.2, 0.25) is 0 Å². The average molecular weight is 201 g/mol. The fourth-order valence-electron chi connectivity index (χ4n) is 1.58. The molecule has 0 amide bonds. The maximum Gasteiger partial charge on any atom is 0.0446 e. The van der Waals surface area contributed by atoms with Gasteiger partial charge >= 0.3 is 0 Å². The summed E-state index contributed by atoms with van der Waals surface area (Å²) in [5.41, 5.74) is 3.31. The summed E-state index contributed by atoms with van der Waals surface area (Å²) in [7, 11) is 0. The molecule has 80 valence electrons. The molecule has 15 heavy (non-hydrogen) atoms. The molecule has 1 aliphatic carbocycles. The third kappa shape index (κ3) is 4.59. The fourth-order valence-corrected chi connectivity index (χ4v) is 1.58. The summed E-state index contributed by atoms with van der Waals surface area (Å²) in [6, 6.07) is 0. The molecule has 0 spiro atoms. The van der Waals surface area contributed by atoms with Crippen LogP contribution in [0, 0.1) is 0 Å². The molecule has 0 saturated heterocycles. The van der Waals surface area contributed by atoms with Crippen molar-refractivity contribution in [2.45, 2.75) is 33.1 Å². The van der Waals surface area contributed by atoms with Gasteiger partial charge in [0.2, 0.25) is 0 Å². The van der Waals surface area contributed by atoms with E-state index in [4.69, 9.17) is 0 Å². The molecule has 0 aromatic rings. The Kier molecular flexibility index (Phi) is 4.82. The van der Waals surface area contributed by atoms with Crippen molar-refractivity contribution in [3.8, 4) is 0 Å². The number of aliphatic imine (C=N–C) groups is 1. The van der Waals surface area contributed by atoms with E-state index in [2.05, 4.69) is 35.9 Å². The Bertz CT molecular complexity index is 340. The Morgan fingerprint density at radius 1 is 1.53 bits per heavy atom. The molecule has 0 saturated carbocycles. The van der Waals surface area contributed by atoms with Crippen molar-refractivity contribution >= 4 is 5.71 Å². The van der Waals surface area contributed by atoms with E-state index >= 15 is 0 Å². The molecule has 0 aliphatic heterocycles. The summed E-state index contributed by atoms with van der Waals surface area (Å²) in [5.74, 6) is 0. The largest absolute Gasteiger partial charge is 0.258 e. The normalized spacial score (nSPS) is 16.9. The quantitative estimate of drug-likeness (QED) is 0.604. The molecule has 0 bridgehead atoms. The van der Waals surface area contributed by atoms with Crippen molar-refractivity contribution in [2.75, 3.05) is 0 Å². The lowest BCUT2D eigenvalue weighted by Gasteiger charge is -2.07. The van der Waals surface area contributed by atoms with Gasteiger partial charge in [0.05, 0.1) is 0 Å². The summed E-state index contributed by atoms with van der Waals surface area (Å²) in [6.45, 7) is 7.75. The lowest BCUT2D eigenvalue weighted by Crippen LogP contribution is -1.97. The van der Waals surface area contributed by atoms with Crippen LogP contribution in [0.3, 0.4) is 0 Å². The Balaban J connectivity index is 2.70. The molecule has 1 heteroatoms. The second-order valence-electron chi connectivity index (χ2n) is 3.77. The van der Waals surface area contributed by atoms with Crippen molar-refractivity contribution in [3.05, 3.63) is 48.2 Å². The van der Waals surface area contributed by atoms with Crippen LogP contribution in [0.4, 0.5) is 0 Å². The van der Waals surface area contributed by atoms with Gasteiger partial charge in [-0.1, -0.05) is 30.9 Å². The first-order valence-corrected chi connectivity index (χ1v) is 5.43. The summed E-state index contributed by atoms with van der Waals surface area (Å²) >= 11 is 0. The van der Waals surface area contributed by atoms with E-state index in [9.17, 15) is 0 Å². The van der Waals surface area contributed by atoms with Crippen LogP contribution in [0.25, 0.3) is 0 Å². The highest BCUT2D eigenvalue weighted by Gasteiger charge is 2.01. The molecule has 1 rings (SSSR count). The van der Waals surface area contributed by atoms with Crippen LogP contribution in [0.1, 0.15) is 33.1 Å². The van der Waals surface area contributed by atoms with Crippen LogP contribution in [0.5, 0.6) is 0 Å². The second kappa shape index (κ2) is 6.18. The van der Waals surface area contributed by atoms with E-state index < -0.39 is 0 Å². The van der Waals surface area contributed by atoms with Crippen LogP contribution in [-0.4, -0.2) is 5.71 Å². The van der Waals surface area contributed by atoms with Crippen LogP contribution in [0.15, 0.2) is 53.2 Å². The average Bonchev–Trinajstić information content (AvgIpc) is 2.18. The van der Waals surface area contributed by atoms with E-state index in [1.165, 1.54) is 12.0 Å². The highest BCUT2D eigenvalue weighted by atomic mass is 14.7. The Labute approximate surface area is 92.6 Å². The van der Waals surface area contributed by atoms with E-state index in [1.54, 1.807) is 0 Å². The van der Waals surface area contributed by atoms with Gasteiger partial charge in [0.1, 0.15) is 0 Å². The van der Waals surface area contributed by atoms with Gasteiger partial charge in [0.15, 0.2) is 0 Å². The third-order valence-electron chi connectivity index (χ3n) is 2.15. The number of allylic oxidation sites excluding steroid dienone is 7. The summed E-state index contributed by atoms with van der Waals surface area (Å²) in [4.78, 5) is 4.42. The zero-order valence-corrected chi connectivity index (χ0v) is 9.66. The molecule has 1 aliphatic rings. The predicted molar refractivity (Wildman–Crippen MR) is 68.1 cm³/mol. The summed E-state index contributed by atoms with van der Waals surface area (Å²) in [6.07, 6.45) is 14.0. The number of hydrogen-bond acceptors (Lipinski definition) is 1. The van der Waals surface area contributed by atoms with E-state index in [-0.39, 0.29) is 0 Å². The van der Waals surface area contributed by atoms with Gasteiger partial charge in [-0.05, 0) is 38.3 Å². The molecule has 0 aromatic heterocycles. The molecular weight excluding hydrogens is 182 g/mol. The summed E-state index contributed by atoms with van der Waals surface area (Å²) < 4.78 is 0. The minimum atomic E-state index is 0.864. The first-order valence-electron chi connectivity index (χ1n) is 5.43. The van der Waals surface area contributed by atoms with Gasteiger partial charge in [-0.3, -0.25) is 4.99 Å². The Hall–Kier alpha value is -1.37. The third-order valence-corrected chi connectivity index (χ3v) is 2.15. The van der Waals surface area contributed by atoms with Crippen molar-refractivity contribution in [2.24, 2.45) is 4.99 Å². The van der Waals surface area contributed by atoms with Crippen LogP contribution in [-0.2, 0) is 0 Å². The second-order valence-corrected chi connectivity index (χ2v) is 3.77. The molecule has 0 aromatic carbocycles. The molecule has 1 nitrogen and oxygen atoms in total. The molecule has 0 heterocycles. The number of rotatable bonds is 4. The lowest BCUT2D eigenvalue weighted by atomic mass is 10.0. The van der Waals surface area contributed by atoms with Gasteiger partial charge in [-0.25, -0.2) is 0 Å². The topological polar surface area (TPSA) is 12.4 Å². The smallest absolute Gasteiger partial charge is 0.0446 e. The van der Waals surface area contributed by atoms with Gasteiger partial charge in [-0.15, -0.1) is 0 Å². The molecule has 0 radical (unpaired) electrons. The van der Waals surface area contributed by atoms with Crippen molar-refractivity contribution in [3.63, 3.8) is 0 Å². The Morgan fingerprint density at radius 3 is 2.87 bits per heavy atom. The minimum absolute atomic E-state index is 0.864. The predicted octanol–water partition coefficient (Wildman–Crippen LogP) is 4.20. The van der Waals surface area contributed by atoms with Gasteiger partial charge in [0.25, 0.3) is 0 Å². The molecule has 0 atom stereocenters. The van der Waals surface area contributed by atoms with Crippen molar-refractivity contribution in [1.29, 1.82) is 0 Å². The van der Waals surface area contributed by atoms with Crippen LogP contribution >= 0.6 is 0 Å².